The molecule has 6 nitrogen and oxygen atoms in total. The van der Waals surface area contributed by atoms with Gasteiger partial charge in [0.05, 0.1) is 18.4 Å². The van der Waals surface area contributed by atoms with Crippen LogP contribution in [0.25, 0.3) is 11.1 Å². The van der Waals surface area contributed by atoms with Crippen LogP contribution in [0, 0.1) is 0 Å². The Morgan fingerprint density at radius 3 is 2.39 bits per heavy atom. The quantitative estimate of drug-likeness (QED) is 0.482. The van der Waals surface area contributed by atoms with Gasteiger partial charge in [-0.1, -0.05) is 12.1 Å². The van der Waals surface area contributed by atoms with Gasteiger partial charge in [-0.15, -0.1) is 0 Å². The molecule has 186 valence electrons. The van der Waals surface area contributed by atoms with Crippen LogP contribution >= 0.6 is 0 Å². The van der Waals surface area contributed by atoms with E-state index >= 15 is 0 Å². The van der Waals surface area contributed by atoms with Crippen LogP contribution in [-0.2, 0) is 17.6 Å². The Kier molecular flexibility index (Phi) is 5.58. The summed E-state index contributed by atoms with van der Waals surface area (Å²) in [6.45, 7) is 9.93. The Morgan fingerprint density at radius 1 is 1.03 bits per heavy atom. The number of nitrogens with zero attached hydrogens (tertiary/aromatic N) is 1. The van der Waals surface area contributed by atoms with E-state index in [0.29, 0.717) is 11.3 Å². The maximum atomic E-state index is 11.4. The maximum absolute atomic E-state index is 11.4. The molecular formula is C30H32N2O4. The van der Waals surface area contributed by atoms with Crippen molar-refractivity contribution in [3.63, 3.8) is 0 Å². The van der Waals surface area contributed by atoms with Gasteiger partial charge in [0.2, 0.25) is 5.91 Å². The first-order valence-corrected chi connectivity index (χ1v) is 12.2. The minimum atomic E-state index is -0.335. The first kappa shape index (κ1) is 23.9. The summed E-state index contributed by atoms with van der Waals surface area (Å²) in [5, 5.41) is 13.5. The average molecular weight is 485 g/mol. The lowest BCUT2D eigenvalue weighted by Crippen LogP contribution is -2.30. The zero-order chi connectivity index (χ0) is 25.8. The number of aromatic hydroxyl groups is 1. The highest BCUT2D eigenvalue weighted by molar-refractivity contribution is 6.16. The number of benzene rings is 3. The minimum absolute atomic E-state index is 0.125. The smallest absolute Gasteiger partial charge is 0.221 e. The molecule has 0 saturated carbocycles. The van der Waals surface area contributed by atoms with Crippen molar-refractivity contribution in [2.75, 3.05) is 12.4 Å². The summed E-state index contributed by atoms with van der Waals surface area (Å²) in [6, 6.07) is 15.2. The van der Waals surface area contributed by atoms with Crippen LogP contribution in [0.15, 0.2) is 53.5 Å². The third-order valence-electron chi connectivity index (χ3n) is 6.69. The van der Waals surface area contributed by atoms with Crippen LogP contribution in [0.5, 0.6) is 17.2 Å². The summed E-state index contributed by atoms with van der Waals surface area (Å²) in [5.74, 6) is 1.62. The molecule has 3 aromatic rings. The second-order valence-electron chi connectivity index (χ2n) is 10.9. The van der Waals surface area contributed by atoms with E-state index in [2.05, 4.69) is 39.1 Å². The zero-order valence-corrected chi connectivity index (χ0v) is 21.7. The molecule has 0 radical (unpaired) electrons. The topological polar surface area (TPSA) is 80.1 Å². The van der Waals surface area contributed by atoms with E-state index in [-0.39, 0.29) is 22.8 Å². The lowest BCUT2D eigenvalue weighted by atomic mass is 9.80. The Hall–Kier alpha value is -3.80. The van der Waals surface area contributed by atoms with Gasteiger partial charge in [-0.2, -0.15) is 0 Å². The third kappa shape index (κ3) is 4.32. The van der Waals surface area contributed by atoms with Crippen molar-refractivity contribution in [1.29, 1.82) is 0 Å². The van der Waals surface area contributed by atoms with Crippen molar-refractivity contribution >= 4 is 17.3 Å². The van der Waals surface area contributed by atoms with E-state index in [9.17, 15) is 9.90 Å². The molecule has 5 rings (SSSR count). The number of methoxy groups -OCH3 is 1. The van der Waals surface area contributed by atoms with E-state index in [1.165, 1.54) is 12.5 Å². The summed E-state index contributed by atoms with van der Waals surface area (Å²) < 4.78 is 12.0. The first-order valence-electron chi connectivity index (χ1n) is 12.2. The Balaban J connectivity index is 1.65. The van der Waals surface area contributed by atoms with Gasteiger partial charge in [0, 0.05) is 41.3 Å². The SMILES string of the molecule is COc1cc2c(c3c1OC(C)(C)C3)C(c1ccc(O)c(-c3ccc(NC(C)=O)cc3)c1)=NC(C)(C)C2. The number of phenolic OH excluding ortho intramolecular Hbond substituents is 1. The van der Waals surface area contributed by atoms with Crippen LogP contribution < -0.4 is 14.8 Å². The van der Waals surface area contributed by atoms with Gasteiger partial charge in [-0.25, -0.2) is 0 Å². The van der Waals surface area contributed by atoms with Crippen molar-refractivity contribution in [1.82, 2.24) is 0 Å². The molecule has 2 aliphatic rings. The number of amides is 1. The molecule has 0 aliphatic carbocycles. The van der Waals surface area contributed by atoms with Crippen LogP contribution in [0.2, 0.25) is 0 Å². The standard InChI is InChI=1S/C30H32N2O4/c1-17(33)31-21-10-7-18(8-11-21)22-13-19(9-12-24(22)34)27-26-20(15-29(2,3)32-27)14-25(35-6)28-23(26)16-30(4,5)36-28/h7-14,34H,15-16H2,1-6H3,(H,31,33). The van der Waals surface area contributed by atoms with Gasteiger partial charge >= 0.3 is 0 Å². The van der Waals surface area contributed by atoms with Gasteiger partial charge in [0.1, 0.15) is 11.4 Å². The number of rotatable bonds is 4. The van der Waals surface area contributed by atoms with E-state index in [0.717, 1.165) is 52.3 Å². The predicted octanol–water partition coefficient (Wildman–Crippen LogP) is 5.91. The third-order valence-corrected chi connectivity index (χ3v) is 6.69. The molecule has 1 amide bonds. The minimum Gasteiger partial charge on any atom is -0.507 e. The van der Waals surface area contributed by atoms with Gasteiger partial charge in [-0.3, -0.25) is 9.79 Å². The summed E-state index contributed by atoms with van der Waals surface area (Å²) in [6.07, 6.45) is 1.56. The Bertz CT molecular complexity index is 1400. The molecule has 2 aliphatic heterocycles. The van der Waals surface area contributed by atoms with Crippen molar-refractivity contribution < 1.29 is 19.4 Å². The predicted molar refractivity (Wildman–Crippen MR) is 143 cm³/mol. The summed E-state index contributed by atoms with van der Waals surface area (Å²) in [7, 11) is 1.68. The van der Waals surface area contributed by atoms with Crippen molar-refractivity contribution in [3.8, 4) is 28.4 Å². The Labute approximate surface area is 212 Å². The van der Waals surface area contributed by atoms with Crippen molar-refractivity contribution in [2.24, 2.45) is 4.99 Å². The van der Waals surface area contributed by atoms with Gasteiger partial charge in [0.25, 0.3) is 0 Å². The number of aliphatic imine (C=N–C) groups is 1. The fourth-order valence-electron chi connectivity index (χ4n) is 5.28. The van der Waals surface area contributed by atoms with Crippen LogP contribution in [0.4, 0.5) is 5.69 Å². The number of hydrogen-bond donors (Lipinski definition) is 2. The molecule has 0 atom stereocenters. The molecule has 0 unspecified atom stereocenters. The second-order valence-corrected chi connectivity index (χ2v) is 10.9. The number of carbonyl (C=O) groups excluding carboxylic acids is 1. The van der Waals surface area contributed by atoms with E-state index in [1.807, 2.05) is 36.4 Å². The number of carbonyl (C=O) groups is 1. The molecule has 0 bridgehead atoms. The van der Waals surface area contributed by atoms with Gasteiger partial charge < -0.3 is 19.9 Å². The number of fused-ring (bicyclic) bond motifs is 3. The molecular weight excluding hydrogens is 452 g/mol. The van der Waals surface area contributed by atoms with Gasteiger partial charge in [-0.05, 0) is 81.6 Å². The monoisotopic (exact) mass is 484 g/mol. The highest BCUT2D eigenvalue weighted by Gasteiger charge is 2.39. The number of ether oxygens (including phenoxy) is 2. The maximum Gasteiger partial charge on any atom is 0.221 e. The number of phenols is 1. The van der Waals surface area contributed by atoms with E-state index in [1.54, 1.807) is 13.2 Å². The van der Waals surface area contributed by atoms with Gasteiger partial charge in [0.15, 0.2) is 11.5 Å². The highest BCUT2D eigenvalue weighted by Crippen LogP contribution is 2.48. The molecule has 0 aromatic heterocycles. The number of hydrogen-bond acceptors (Lipinski definition) is 5. The lowest BCUT2D eigenvalue weighted by molar-refractivity contribution is -0.114. The normalized spacial score (nSPS) is 16.9. The average Bonchev–Trinajstić information content (AvgIpc) is 3.12. The van der Waals surface area contributed by atoms with E-state index in [4.69, 9.17) is 14.5 Å². The van der Waals surface area contributed by atoms with Crippen LogP contribution in [-0.4, -0.2) is 35.0 Å². The fraction of sp³-hybridized carbons (Fsp3) is 0.333. The molecule has 2 N–H and O–H groups in total. The van der Waals surface area contributed by atoms with E-state index < -0.39 is 0 Å². The fourth-order valence-corrected chi connectivity index (χ4v) is 5.28. The highest BCUT2D eigenvalue weighted by atomic mass is 16.5. The first-order chi connectivity index (χ1) is 17.0. The molecule has 6 heteroatoms. The summed E-state index contributed by atoms with van der Waals surface area (Å²) >= 11 is 0. The van der Waals surface area contributed by atoms with Crippen molar-refractivity contribution in [2.45, 2.75) is 58.6 Å². The Morgan fingerprint density at radius 2 is 1.72 bits per heavy atom. The molecule has 0 fully saturated rings. The number of nitrogens with one attached hydrogen (secondary N) is 1. The molecule has 2 heterocycles. The molecule has 0 saturated heterocycles. The summed E-state index contributed by atoms with van der Waals surface area (Å²) in [4.78, 5) is 16.6. The van der Waals surface area contributed by atoms with Crippen LogP contribution in [0.1, 0.15) is 56.9 Å². The number of anilines is 1. The molecule has 3 aromatic carbocycles. The zero-order valence-electron chi connectivity index (χ0n) is 21.7. The second kappa shape index (κ2) is 8.40. The largest absolute Gasteiger partial charge is 0.507 e. The lowest BCUT2D eigenvalue weighted by Gasteiger charge is -2.31. The van der Waals surface area contributed by atoms with Crippen molar-refractivity contribution in [3.05, 3.63) is 70.8 Å². The molecule has 36 heavy (non-hydrogen) atoms. The molecule has 0 spiro atoms. The van der Waals surface area contributed by atoms with Crippen LogP contribution in [0.3, 0.4) is 0 Å². The summed E-state index contributed by atoms with van der Waals surface area (Å²) in [5.41, 5.74) is 6.88.